The second kappa shape index (κ2) is 7.13. The molecular weight excluding hydrogens is 294 g/mol. The maximum atomic E-state index is 12.4. The molecule has 2 aliphatic heterocycles. The fourth-order valence-corrected chi connectivity index (χ4v) is 3.10. The SMILES string of the molecule is O=C(N[C@@H](CS)C(=O)N1CCC[C@H]1C(=O)O)[C@@H]1CCCN1. The van der Waals surface area contributed by atoms with Crippen LogP contribution in [0.25, 0.3) is 0 Å². The van der Waals surface area contributed by atoms with Crippen molar-refractivity contribution in [1.29, 1.82) is 0 Å². The molecule has 0 radical (unpaired) electrons. The van der Waals surface area contributed by atoms with Gasteiger partial charge in [0.15, 0.2) is 0 Å². The molecule has 3 atom stereocenters. The molecule has 2 amide bonds. The van der Waals surface area contributed by atoms with Gasteiger partial charge >= 0.3 is 5.97 Å². The molecule has 0 unspecified atom stereocenters. The summed E-state index contributed by atoms with van der Waals surface area (Å²) in [5.74, 6) is -1.42. The van der Waals surface area contributed by atoms with Crippen molar-refractivity contribution >= 4 is 30.4 Å². The molecule has 118 valence electrons. The molecule has 3 N–H and O–H groups in total. The Hall–Kier alpha value is -1.28. The van der Waals surface area contributed by atoms with Gasteiger partial charge in [0.1, 0.15) is 12.1 Å². The summed E-state index contributed by atoms with van der Waals surface area (Å²) in [5, 5.41) is 14.9. The number of hydrogen-bond donors (Lipinski definition) is 4. The molecule has 2 fully saturated rings. The highest BCUT2D eigenvalue weighted by atomic mass is 32.1. The predicted octanol–water partition coefficient (Wildman–Crippen LogP) is -0.771. The summed E-state index contributed by atoms with van der Waals surface area (Å²) in [6.45, 7) is 1.21. The van der Waals surface area contributed by atoms with Gasteiger partial charge in [-0.15, -0.1) is 0 Å². The number of rotatable bonds is 5. The van der Waals surface area contributed by atoms with Crippen molar-refractivity contribution in [2.75, 3.05) is 18.8 Å². The number of carboxylic acids is 1. The molecule has 21 heavy (non-hydrogen) atoms. The number of aliphatic carboxylic acids is 1. The second-order valence-corrected chi connectivity index (χ2v) is 5.79. The lowest BCUT2D eigenvalue weighted by Crippen LogP contribution is -2.55. The first-order valence-corrected chi connectivity index (χ1v) is 7.85. The zero-order valence-corrected chi connectivity index (χ0v) is 12.6. The summed E-state index contributed by atoms with van der Waals surface area (Å²) in [5.41, 5.74) is 0. The number of nitrogens with one attached hydrogen (secondary N) is 2. The van der Waals surface area contributed by atoms with Crippen molar-refractivity contribution in [2.24, 2.45) is 0 Å². The van der Waals surface area contributed by atoms with Crippen LogP contribution in [0.3, 0.4) is 0 Å². The molecule has 7 nitrogen and oxygen atoms in total. The molecule has 0 aromatic rings. The number of carbonyl (C=O) groups excluding carboxylic acids is 2. The summed E-state index contributed by atoms with van der Waals surface area (Å²) in [6.07, 6.45) is 2.81. The average molecular weight is 315 g/mol. The maximum Gasteiger partial charge on any atom is 0.326 e. The highest BCUT2D eigenvalue weighted by Crippen LogP contribution is 2.19. The average Bonchev–Trinajstić information content (AvgIpc) is 3.13. The number of hydrogen-bond acceptors (Lipinski definition) is 5. The van der Waals surface area contributed by atoms with E-state index in [9.17, 15) is 14.4 Å². The van der Waals surface area contributed by atoms with E-state index in [2.05, 4.69) is 23.3 Å². The van der Waals surface area contributed by atoms with E-state index in [1.54, 1.807) is 0 Å². The molecule has 0 saturated carbocycles. The van der Waals surface area contributed by atoms with Crippen molar-refractivity contribution in [1.82, 2.24) is 15.5 Å². The highest BCUT2D eigenvalue weighted by molar-refractivity contribution is 7.80. The summed E-state index contributed by atoms with van der Waals surface area (Å²) < 4.78 is 0. The van der Waals surface area contributed by atoms with Gasteiger partial charge in [-0.1, -0.05) is 0 Å². The van der Waals surface area contributed by atoms with Gasteiger partial charge in [0.05, 0.1) is 6.04 Å². The Morgan fingerprint density at radius 3 is 2.67 bits per heavy atom. The number of carboxylic acid groups (broad SMARTS) is 1. The Labute approximate surface area is 128 Å². The van der Waals surface area contributed by atoms with E-state index in [-0.39, 0.29) is 23.6 Å². The topological polar surface area (TPSA) is 98.7 Å². The molecule has 0 aromatic heterocycles. The predicted molar refractivity (Wildman–Crippen MR) is 79.2 cm³/mol. The van der Waals surface area contributed by atoms with E-state index >= 15 is 0 Å². The minimum absolute atomic E-state index is 0.153. The molecule has 8 heteroatoms. The smallest absolute Gasteiger partial charge is 0.326 e. The molecular formula is C13H21N3O4S. The Balaban J connectivity index is 1.97. The molecule has 0 bridgehead atoms. The van der Waals surface area contributed by atoms with Crippen LogP contribution in [-0.2, 0) is 14.4 Å². The van der Waals surface area contributed by atoms with E-state index < -0.39 is 18.1 Å². The maximum absolute atomic E-state index is 12.4. The standard InChI is InChI=1S/C13H21N3O4S/c17-11(8-3-1-5-14-8)15-9(7-21)12(18)16-6-2-4-10(16)13(19)20/h8-10,14,21H,1-7H2,(H,15,17)(H,19,20)/t8-,9-,10-/m0/s1. The van der Waals surface area contributed by atoms with Crippen molar-refractivity contribution in [3.8, 4) is 0 Å². The van der Waals surface area contributed by atoms with Crippen molar-refractivity contribution in [3.63, 3.8) is 0 Å². The van der Waals surface area contributed by atoms with Crippen LogP contribution in [0.1, 0.15) is 25.7 Å². The molecule has 2 aliphatic rings. The number of carbonyl (C=O) groups is 3. The van der Waals surface area contributed by atoms with Gasteiger partial charge in [-0.05, 0) is 32.2 Å². The summed E-state index contributed by atoms with van der Waals surface area (Å²) >= 11 is 4.12. The van der Waals surface area contributed by atoms with Crippen LogP contribution in [0, 0.1) is 0 Å². The van der Waals surface area contributed by atoms with Gasteiger partial charge < -0.3 is 20.6 Å². The third kappa shape index (κ3) is 3.68. The lowest BCUT2D eigenvalue weighted by molar-refractivity contribution is -0.149. The highest BCUT2D eigenvalue weighted by Gasteiger charge is 2.37. The van der Waals surface area contributed by atoms with Crippen LogP contribution in [-0.4, -0.2) is 64.8 Å². The Morgan fingerprint density at radius 2 is 2.10 bits per heavy atom. The molecule has 2 saturated heterocycles. The number of amides is 2. The largest absolute Gasteiger partial charge is 0.480 e. The number of nitrogens with zero attached hydrogens (tertiary/aromatic N) is 1. The van der Waals surface area contributed by atoms with Crippen molar-refractivity contribution in [3.05, 3.63) is 0 Å². The fraction of sp³-hybridized carbons (Fsp3) is 0.769. The van der Waals surface area contributed by atoms with Gasteiger partial charge in [0.2, 0.25) is 11.8 Å². The van der Waals surface area contributed by atoms with Crippen LogP contribution < -0.4 is 10.6 Å². The van der Waals surface area contributed by atoms with Crippen LogP contribution in [0.5, 0.6) is 0 Å². The Morgan fingerprint density at radius 1 is 1.33 bits per heavy atom. The van der Waals surface area contributed by atoms with Gasteiger partial charge in [0.25, 0.3) is 0 Å². The van der Waals surface area contributed by atoms with E-state index in [0.717, 1.165) is 19.4 Å². The molecule has 2 heterocycles. The van der Waals surface area contributed by atoms with Crippen LogP contribution in [0.2, 0.25) is 0 Å². The Bertz CT molecular complexity index is 426. The molecule has 0 aliphatic carbocycles. The van der Waals surface area contributed by atoms with Gasteiger partial charge in [-0.25, -0.2) is 4.79 Å². The first-order valence-electron chi connectivity index (χ1n) is 7.22. The Kier molecular flexibility index (Phi) is 5.46. The number of likely N-dealkylation sites (tertiary alicyclic amines) is 1. The van der Waals surface area contributed by atoms with Gasteiger partial charge in [-0.2, -0.15) is 12.6 Å². The lowest BCUT2D eigenvalue weighted by Gasteiger charge is -2.27. The van der Waals surface area contributed by atoms with Crippen LogP contribution >= 0.6 is 12.6 Å². The summed E-state index contributed by atoms with van der Waals surface area (Å²) in [7, 11) is 0. The zero-order chi connectivity index (χ0) is 15.4. The van der Waals surface area contributed by atoms with Gasteiger partial charge in [-0.3, -0.25) is 9.59 Å². The number of thiol groups is 1. The first-order chi connectivity index (χ1) is 10.0. The third-order valence-corrected chi connectivity index (χ3v) is 4.36. The van der Waals surface area contributed by atoms with Crippen LogP contribution in [0.15, 0.2) is 0 Å². The normalized spacial score (nSPS) is 26.6. The second-order valence-electron chi connectivity index (χ2n) is 5.42. The van der Waals surface area contributed by atoms with E-state index in [1.807, 2.05) is 0 Å². The molecule has 2 rings (SSSR count). The van der Waals surface area contributed by atoms with Crippen LogP contribution in [0.4, 0.5) is 0 Å². The van der Waals surface area contributed by atoms with E-state index in [4.69, 9.17) is 5.11 Å². The van der Waals surface area contributed by atoms with Crippen molar-refractivity contribution < 1.29 is 19.5 Å². The summed E-state index contributed by atoms with van der Waals surface area (Å²) in [6, 6.07) is -1.83. The van der Waals surface area contributed by atoms with E-state index in [0.29, 0.717) is 19.4 Å². The molecule has 0 aromatic carbocycles. The zero-order valence-electron chi connectivity index (χ0n) is 11.7. The third-order valence-electron chi connectivity index (χ3n) is 3.99. The summed E-state index contributed by atoms with van der Waals surface area (Å²) in [4.78, 5) is 37.0. The van der Waals surface area contributed by atoms with Gasteiger partial charge in [0, 0.05) is 12.3 Å². The fourth-order valence-electron chi connectivity index (χ4n) is 2.85. The van der Waals surface area contributed by atoms with E-state index in [1.165, 1.54) is 4.90 Å². The van der Waals surface area contributed by atoms with Crippen molar-refractivity contribution in [2.45, 2.75) is 43.8 Å². The first kappa shape index (κ1) is 16.1. The quantitative estimate of drug-likeness (QED) is 0.499. The minimum Gasteiger partial charge on any atom is -0.480 e. The molecule has 0 spiro atoms. The minimum atomic E-state index is -0.998. The monoisotopic (exact) mass is 315 g/mol. The lowest BCUT2D eigenvalue weighted by atomic mass is 10.2.